The number of nitrogens with one attached hydrogen (secondary N) is 1. The van der Waals surface area contributed by atoms with Gasteiger partial charge in [-0.25, -0.2) is 9.37 Å². The third-order valence-corrected chi connectivity index (χ3v) is 9.47. The van der Waals surface area contributed by atoms with E-state index in [1.54, 1.807) is 21.9 Å². The number of benzene rings is 1. The number of hydrogen-bond acceptors (Lipinski definition) is 9. The first-order valence-corrected chi connectivity index (χ1v) is 16.1. The number of rotatable bonds is 7. The number of aliphatic hydroxyl groups is 1. The summed E-state index contributed by atoms with van der Waals surface area (Å²) in [6.45, 7) is 13.2. The molecule has 3 fully saturated rings. The van der Waals surface area contributed by atoms with Crippen molar-refractivity contribution in [2.45, 2.75) is 70.4 Å². The van der Waals surface area contributed by atoms with Gasteiger partial charge in [0.25, 0.3) is 5.91 Å². The van der Waals surface area contributed by atoms with Gasteiger partial charge in [0, 0.05) is 56.9 Å². The first kappa shape index (κ1) is 31.8. The molecule has 45 heavy (non-hydrogen) atoms. The van der Waals surface area contributed by atoms with Gasteiger partial charge in [0.05, 0.1) is 31.9 Å². The number of carbonyl (C=O) groups excluding carboxylic acids is 2. The molecule has 0 radical (unpaired) electrons. The number of β-amino-alcohol motifs (C(OH)–C–C–N with tert-alkyl or cyclic N) is 1. The number of amides is 2. The SMILES string of the molecule is CC1COc2nc(C(=O)N3CC(O)C3)c(Cc3ccc(F)cc3)cc2N1C(=O)CN1C[C@@H](C)NC[C@@H]1CN1[C@H](C)COC[C@H]1C. The van der Waals surface area contributed by atoms with E-state index < -0.39 is 6.10 Å². The van der Waals surface area contributed by atoms with Crippen molar-refractivity contribution >= 4 is 17.5 Å². The van der Waals surface area contributed by atoms with Crippen LogP contribution in [0.15, 0.2) is 30.3 Å². The lowest BCUT2D eigenvalue weighted by Crippen LogP contribution is -2.63. The fraction of sp³-hybridized carbons (Fsp3) is 0.606. The number of carbonyl (C=O) groups is 2. The number of morpholine rings is 1. The second-order valence-electron chi connectivity index (χ2n) is 13.2. The average Bonchev–Trinajstić information content (AvgIpc) is 2.99. The number of hydrogen-bond donors (Lipinski definition) is 2. The molecule has 0 aliphatic carbocycles. The molecule has 244 valence electrons. The zero-order valence-electron chi connectivity index (χ0n) is 26.6. The van der Waals surface area contributed by atoms with E-state index in [0.717, 1.165) is 25.2 Å². The van der Waals surface area contributed by atoms with Crippen LogP contribution in [0.1, 0.15) is 49.3 Å². The number of likely N-dealkylation sites (tertiary alicyclic amines) is 1. The molecule has 3 saturated heterocycles. The molecule has 5 heterocycles. The van der Waals surface area contributed by atoms with Crippen molar-refractivity contribution in [2.75, 3.05) is 64.0 Å². The van der Waals surface area contributed by atoms with Gasteiger partial charge in [0.15, 0.2) is 0 Å². The van der Waals surface area contributed by atoms with Gasteiger partial charge >= 0.3 is 0 Å². The van der Waals surface area contributed by atoms with Crippen LogP contribution in [-0.4, -0.2) is 132 Å². The molecular formula is C33H45FN6O5. The standard InChI is InChI=1S/C33H45FN6O5/c1-20-12-37(27(11-35-20)13-39-21(2)17-44-18-22(39)3)16-30(42)40-23(4)19-45-32-29(40)10-25(9-24-5-7-26(34)8-6-24)31(36-32)33(43)38-14-28(41)15-38/h5-8,10,20-23,27-28,35,41H,9,11-19H2,1-4H3/t20-,21-,22-,23?,27-/m1/s1. The summed E-state index contributed by atoms with van der Waals surface area (Å²) in [4.78, 5) is 40.5. The number of fused-ring (bicyclic) bond motifs is 1. The minimum atomic E-state index is -0.552. The number of halogens is 1. The Labute approximate surface area is 264 Å². The Morgan fingerprint density at radius 3 is 2.42 bits per heavy atom. The molecular weight excluding hydrogens is 579 g/mol. The van der Waals surface area contributed by atoms with E-state index in [9.17, 15) is 19.1 Å². The molecule has 0 saturated carbocycles. The lowest BCUT2D eigenvalue weighted by molar-refractivity contribution is -0.122. The molecule has 2 aromatic rings. The van der Waals surface area contributed by atoms with Crippen LogP contribution >= 0.6 is 0 Å². The highest BCUT2D eigenvalue weighted by atomic mass is 19.1. The van der Waals surface area contributed by atoms with Gasteiger partial charge in [-0.2, -0.15) is 0 Å². The number of piperazine rings is 1. The molecule has 5 atom stereocenters. The van der Waals surface area contributed by atoms with Crippen LogP contribution in [0.5, 0.6) is 5.88 Å². The number of anilines is 1. The molecule has 0 bridgehead atoms. The maximum absolute atomic E-state index is 14.2. The van der Waals surface area contributed by atoms with Gasteiger partial charge in [-0.05, 0) is 63.4 Å². The third-order valence-electron chi connectivity index (χ3n) is 9.47. The van der Waals surface area contributed by atoms with Gasteiger partial charge in [-0.1, -0.05) is 12.1 Å². The molecule has 6 rings (SSSR count). The number of ether oxygens (including phenoxy) is 2. The Hall–Kier alpha value is -3.16. The first-order valence-electron chi connectivity index (χ1n) is 16.1. The Bertz CT molecular complexity index is 1380. The minimum absolute atomic E-state index is 0.0475. The second-order valence-corrected chi connectivity index (χ2v) is 13.2. The van der Waals surface area contributed by atoms with Crippen molar-refractivity contribution in [3.8, 4) is 5.88 Å². The van der Waals surface area contributed by atoms with Crippen LogP contribution in [0.3, 0.4) is 0 Å². The van der Waals surface area contributed by atoms with E-state index in [0.29, 0.717) is 43.0 Å². The largest absolute Gasteiger partial charge is 0.474 e. The zero-order chi connectivity index (χ0) is 31.8. The van der Waals surface area contributed by atoms with Crippen LogP contribution in [0.25, 0.3) is 0 Å². The van der Waals surface area contributed by atoms with Crippen LogP contribution in [0, 0.1) is 5.82 Å². The lowest BCUT2D eigenvalue weighted by Gasteiger charge is -2.46. The van der Waals surface area contributed by atoms with E-state index in [4.69, 9.17) is 9.47 Å². The van der Waals surface area contributed by atoms with Crippen molar-refractivity contribution < 1.29 is 28.6 Å². The summed E-state index contributed by atoms with van der Waals surface area (Å²) < 4.78 is 25.4. The number of aliphatic hydroxyl groups excluding tert-OH is 1. The average molecular weight is 625 g/mol. The normalized spacial score (nSPS) is 27.9. The third kappa shape index (κ3) is 6.85. The van der Waals surface area contributed by atoms with E-state index >= 15 is 0 Å². The van der Waals surface area contributed by atoms with E-state index in [1.807, 2.05) is 13.0 Å². The van der Waals surface area contributed by atoms with E-state index in [2.05, 4.69) is 40.9 Å². The molecule has 1 unspecified atom stereocenters. The fourth-order valence-electron chi connectivity index (χ4n) is 6.90. The molecule has 2 amide bonds. The van der Waals surface area contributed by atoms with E-state index in [1.165, 1.54) is 12.1 Å². The maximum atomic E-state index is 14.2. The topological polar surface area (TPSA) is 111 Å². The Morgan fingerprint density at radius 1 is 1.02 bits per heavy atom. The Kier molecular flexibility index (Phi) is 9.39. The summed E-state index contributed by atoms with van der Waals surface area (Å²) in [6, 6.07) is 8.74. The molecule has 4 aliphatic rings. The molecule has 12 heteroatoms. The monoisotopic (exact) mass is 624 g/mol. The predicted molar refractivity (Wildman–Crippen MR) is 167 cm³/mol. The quantitative estimate of drug-likeness (QED) is 0.474. The van der Waals surface area contributed by atoms with Gasteiger partial charge in [0.2, 0.25) is 11.8 Å². The summed E-state index contributed by atoms with van der Waals surface area (Å²) in [5, 5.41) is 13.4. The fourth-order valence-corrected chi connectivity index (χ4v) is 6.90. The molecule has 0 spiro atoms. The summed E-state index contributed by atoms with van der Waals surface area (Å²) in [5.41, 5.74) is 2.18. The Balaban J connectivity index is 1.28. The highest BCUT2D eigenvalue weighted by Gasteiger charge is 2.38. The number of nitrogens with zero attached hydrogens (tertiary/aromatic N) is 5. The van der Waals surface area contributed by atoms with Gasteiger partial charge in [-0.15, -0.1) is 0 Å². The predicted octanol–water partition coefficient (Wildman–Crippen LogP) is 1.51. The summed E-state index contributed by atoms with van der Waals surface area (Å²) in [7, 11) is 0. The van der Waals surface area contributed by atoms with Crippen LogP contribution in [0.4, 0.5) is 10.1 Å². The van der Waals surface area contributed by atoms with E-state index in [-0.39, 0.29) is 73.6 Å². The first-order chi connectivity index (χ1) is 21.6. The van der Waals surface area contributed by atoms with Crippen molar-refractivity contribution in [3.63, 3.8) is 0 Å². The summed E-state index contributed by atoms with van der Waals surface area (Å²) in [5.74, 6) is -0.446. The smallest absolute Gasteiger partial charge is 0.273 e. The van der Waals surface area contributed by atoms with Crippen molar-refractivity contribution in [2.24, 2.45) is 0 Å². The van der Waals surface area contributed by atoms with Gasteiger partial charge < -0.3 is 29.7 Å². The molecule has 1 aromatic carbocycles. The zero-order valence-corrected chi connectivity index (χ0v) is 26.6. The number of pyridine rings is 1. The second kappa shape index (κ2) is 13.3. The molecule has 4 aliphatic heterocycles. The summed E-state index contributed by atoms with van der Waals surface area (Å²) in [6.07, 6.45) is -0.231. The molecule has 11 nitrogen and oxygen atoms in total. The minimum Gasteiger partial charge on any atom is -0.474 e. The number of aromatic nitrogens is 1. The molecule has 1 aromatic heterocycles. The maximum Gasteiger partial charge on any atom is 0.273 e. The highest BCUT2D eigenvalue weighted by molar-refractivity contribution is 5.99. The highest BCUT2D eigenvalue weighted by Crippen LogP contribution is 2.36. The van der Waals surface area contributed by atoms with Crippen molar-refractivity contribution in [3.05, 3.63) is 53.0 Å². The lowest BCUT2D eigenvalue weighted by atomic mass is 10.00. The van der Waals surface area contributed by atoms with Crippen LogP contribution in [0.2, 0.25) is 0 Å². The molecule has 2 N–H and O–H groups in total. The van der Waals surface area contributed by atoms with Gasteiger partial charge in [-0.3, -0.25) is 19.4 Å². The van der Waals surface area contributed by atoms with Crippen LogP contribution < -0.4 is 15.0 Å². The van der Waals surface area contributed by atoms with Crippen LogP contribution in [-0.2, 0) is 16.0 Å². The van der Waals surface area contributed by atoms with Crippen molar-refractivity contribution in [1.82, 2.24) is 25.0 Å². The summed E-state index contributed by atoms with van der Waals surface area (Å²) >= 11 is 0. The van der Waals surface area contributed by atoms with Crippen molar-refractivity contribution in [1.29, 1.82) is 0 Å². The Morgan fingerprint density at radius 2 is 1.73 bits per heavy atom. The van der Waals surface area contributed by atoms with Gasteiger partial charge in [0.1, 0.15) is 23.8 Å².